The fourth-order valence-corrected chi connectivity index (χ4v) is 11.7. The third kappa shape index (κ3) is 4.01. The summed E-state index contributed by atoms with van der Waals surface area (Å²) < 4.78 is 13.3. The molecule has 0 aliphatic carbocycles. The van der Waals surface area contributed by atoms with Gasteiger partial charge in [0, 0.05) is 10.6 Å². The summed E-state index contributed by atoms with van der Waals surface area (Å²) in [5.41, 5.74) is 2.74. The lowest BCUT2D eigenvalue weighted by atomic mass is 10.0. The highest BCUT2D eigenvalue weighted by atomic mass is 31.1. The Morgan fingerprint density at radius 3 is 1.25 bits per heavy atom. The predicted octanol–water partition coefficient (Wildman–Crippen LogP) is 7.91. The summed E-state index contributed by atoms with van der Waals surface area (Å²) >= 11 is 0. The van der Waals surface area contributed by atoms with Gasteiger partial charge in [-0.1, -0.05) is 93.5 Å². The van der Waals surface area contributed by atoms with Gasteiger partial charge in [-0.25, -0.2) is 0 Å². The number of benzene rings is 2. The lowest BCUT2D eigenvalue weighted by molar-refractivity contribution is 0.239. The largest absolute Gasteiger partial charge is 0.485 e. The van der Waals surface area contributed by atoms with Crippen molar-refractivity contribution in [3.63, 3.8) is 0 Å². The van der Waals surface area contributed by atoms with Crippen LogP contribution in [0.3, 0.4) is 0 Å². The van der Waals surface area contributed by atoms with Crippen LogP contribution in [-0.2, 0) is 0 Å². The van der Waals surface area contributed by atoms with Crippen LogP contribution < -0.4 is 20.1 Å². The molecule has 174 valence electrons. The van der Waals surface area contributed by atoms with E-state index in [1.165, 1.54) is 21.7 Å². The van der Waals surface area contributed by atoms with Gasteiger partial charge >= 0.3 is 0 Å². The van der Waals surface area contributed by atoms with Crippen LogP contribution in [0.5, 0.6) is 11.5 Å². The second-order valence-electron chi connectivity index (χ2n) is 11.9. The van der Waals surface area contributed by atoms with Crippen LogP contribution in [0.4, 0.5) is 0 Å². The van der Waals surface area contributed by atoms with E-state index >= 15 is 0 Å². The summed E-state index contributed by atoms with van der Waals surface area (Å²) in [6.45, 7) is 23.5. The molecule has 0 bridgehead atoms. The molecule has 2 heterocycles. The molecule has 0 saturated carbocycles. The molecule has 4 rings (SSSR count). The SMILES string of the molecule is CC(C)C1Oc2cccc(-c3cccc4c3P(C(C)(C)C)C(C(C)C)O4)c2P1C(C)(C)C. The maximum absolute atomic E-state index is 6.65. The maximum atomic E-state index is 6.65. The van der Waals surface area contributed by atoms with E-state index in [2.05, 4.69) is 106 Å². The average Bonchev–Trinajstić information content (AvgIpc) is 3.26. The first-order valence-corrected chi connectivity index (χ1v) is 14.8. The van der Waals surface area contributed by atoms with Crippen molar-refractivity contribution in [2.75, 3.05) is 0 Å². The molecule has 0 saturated heterocycles. The van der Waals surface area contributed by atoms with Crippen molar-refractivity contribution in [3.8, 4) is 22.6 Å². The number of rotatable bonds is 3. The molecule has 0 amide bonds. The third-order valence-electron chi connectivity index (χ3n) is 6.36. The van der Waals surface area contributed by atoms with Crippen LogP contribution in [0.15, 0.2) is 36.4 Å². The van der Waals surface area contributed by atoms with Crippen molar-refractivity contribution in [1.29, 1.82) is 0 Å². The minimum absolute atomic E-state index is 0.176. The average molecular weight is 471 g/mol. The molecule has 32 heavy (non-hydrogen) atoms. The van der Waals surface area contributed by atoms with Crippen LogP contribution in [0.1, 0.15) is 69.2 Å². The summed E-state index contributed by atoms with van der Waals surface area (Å²) in [6.07, 6.45) is 0. The second kappa shape index (κ2) is 8.29. The van der Waals surface area contributed by atoms with E-state index in [0.717, 1.165) is 11.5 Å². The summed E-state index contributed by atoms with van der Waals surface area (Å²) in [4.78, 5) is 0. The molecule has 0 radical (unpaired) electrons. The zero-order valence-corrected chi connectivity index (χ0v) is 23.3. The topological polar surface area (TPSA) is 18.5 Å². The molecular weight excluding hydrogens is 430 g/mol. The van der Waals surface area contributed by atoms with E-state index in [1.807, 2.05) is 0 Å². The van der Waals surface area contributed by atoms with Crippen molar-refractivity contribution < 1.29 is 9.47 Å². The van der Waals surface area contributed by atoms with Crippen LogP contribution in [0.25, 0.3) is 11.1 Å². The number of hydrogen-bond donors (Lipinski definition) is 0. The van der Waals surface area contributed by atoms with Gasteiger partial charge in [0.1, 0.15) is 23.2 Å². The predicted molar refractivity (Wildman–Crippen MR) is 143 cm³/mol. The first-order valence-electron chi connectivity index (χ1n) is 12.0. The van der Waals surface area contributed by atoms with E-state index < -0.39 is 15.8 Å². The number of fused-ring (bicyclic) bond motifs is 2. The van der Waals surface area contributed by atoms with Crippen molar-refractivity contribution in [1.82, 2.24) is 0 Å². The first kappa shape index (κ1) is 24.0. The van der Waals surface area contributed by atoms with E-state index in [9.17, 15) is 0 Å². The van der Waals surface area contributed by atoms with Gasteiger partial charge < -0.3 is 9.47 Å². The molecule has 0 N–H and O–H groups in total. The quantitative estimate of drug-likeness (QED) is 0.424. The smallest absolute Gasteiger partial charge is 0.128 e. The Balaban J connectivity index is 1.96. The van der Waals surface area contributed by atoms with Crippen molar-refractivity contribution >= 4 is 26.5 Å². The summed E-state index contributed by atoms with van der Waals surface area (Å²) in [6, 6.07) is 13.4. The van der Waals surface area contributed by atoms with Gasteiger partial charge in [-0.3, -0.25) is 0 Å². The molecule has 4 heteroatoms. The van der Waals surface area contributed by atoms with Gasteiger partial charge in [-0.05, 0) is 61.3 Å². The Morgan fingerprint density at radius 2 is 0.969 bits per heavy atom. The molecular formula is C28H40O2P2. The zero-order chi connectivity index (χ0) is 23.6. The Kier molecular flexibility index (Phi) is 6.22. The van der Waals surface area contributed by atoms with Crippen LogP contribution in [-0.4, -0.2) is 22.0 Å². The Morgan fingerprint density at radius 1 is 0.625 bits per heavy atom. The molecule has 2 aromatic rings. The van der Waals surface area contributed by atoms with Gasteiger partial charge in [0.25, 0.3) is 0 Å². The summed E-state index contributed by atoms with van der Waals surface area (Å²) in [7, 11) is -0.955. The number of ether oxygens (including phenoxy) is 2. The van der Waals surface area contributed by atoms with E-state index in [0.29, 0.717) is 11.8 Å². The minimum Gasteiger partial charge on any atom is -0.485 e. The standard InChI is InChI=1S/C28H40O2P2/c1-17(2)25-29-21-15-11-13-19(23(21)31(25)27(5,6)7)20-14-12-16-22-24(20)32(28(8,9)10)26(30-22)18(3)4/h11-18,25-26H,1-10H3. The Labute approximate surface area is 198 Å². The fraction of sp³-hybridized carbons (Fsp3) is 0.571. The van der Waals surface area contributed by atoms with Gasteiger partial charge in [-0.2, -0.15) is 0 Å². The number of hydrogen-bond acceptors (Lipinski definition) is 2. The molecule has 0 aromatic heterocycles. The third-order valence-corrected chi connectivity index (χ3v) is 13.6. The Hall–Kier alpha value is -1.10. The van der Waals surface area contributed by atoms with Crippen LogP contribution in [0, 0.1) is 11.8 Å². The summed E-state index contributed by atoms with van der Waals surface area (Å²) in [5, 5.41) is 3.27. The summed E-state index contributed by atoms with van der Waals surface area (Å²) in [5.74, 6) is 3.70. The molecule has 2 aliphatic rings. The highest BCUT2D eigenvalue weighted by Gasteiger charge is 2.47. The van der Waals surface area contributed by atoms with Gasteiger partial charge in [-0.15, -0.1) is 0 Å². The highest BCUT2D eigenvalue weighted by molar-refractivity contribution is 7.69. The van der Waals surface area contributed by atoms with Gasteiger partial charge in [0.15, 0.2) is 0 Å². The lowest BCUT2D eigenvalue weighted by Crippen LogP contribution is -2.29. The molecule has 4 atom stereocenters. The molecule has 0 fully saturated rings. The monoisotopic (exact) mass is 470 g/mol. The fourth-order valence-electron chi connectivity index (χ4n) is 5.09. The van der Waals surface area contributed by atoms with Crippen molar-refractivity contribution in [2.45, 2.75) is 91.2 Å². The molecule has 2 aromatic carbocycles. The molecule has 4 unspecified atom stereocenters. The van der Waals surface area contributed by atoms with Crippen LogP contribution in [0.2, 0.25) is 0 Å². The molecule has 0 spiro atoms. The maximum Gasteiger partial charge on any atom is 0.128 e. The normalized spacial score (nSPS) is 25.0. The Bertz CT molecular complexity index is 916. The van der Waals surface area contributed by atoms with Crippen molar-refractivity contribution in [2.24, 2.45) is 11.8 Å². The second-order valence-corrected chi connectivity index (χ2v) is 18.0. The zero-order valence-electron chi connectivity index (χ0n) is 21.5. The van der Waals surface area contributed by atoms with Crippen molar-refractivity contribution in [3.05, 3.63) is 36.4 Å². The van der Waals surface area contributed by atoms with Gasteiger partial charge in [0.2, 0.25) is 0 Å². The van der Waals surface area contributed by atoms with Gasteiger partial charge in [0.05, 0.1) is 0 Å². The van der Waals surface area contributed by atoms with E-state index in [1.54, 1.807) is 0 Å². The molecule has 2 aliphatic heterocycles. The minimum atomic E-state index is -0.478. The lowest BCUT2D eigenvalue weighted by Gasteiger charge is -2.35. The highest BCUT2D eigenvalue weighted by Crippen LogP contribution is 2.64. The van der Waals surface area contributed by atoms with E-state index in [4.69, 9.17) is 9.47 Å². The first-order chi connectivity index (χ1) is 14.8. The van der Waals surface area contributed by atoms with Crippen LogP contribution >= 0.6 is 15.8 Å². The van der Waals surface area contributed by atoms with E-state index in [-0.39, 0.29) is 22.0 Å². The molecule has 2 nitrogen and oxygen atoms in total.